The van der Waals surface area contributed by atoms with E-state index in [-0.39, 0.29) is 0 Å². The second-order valence-corrected chi connectivity index (χ2v) is 7.99. The van der Waals surface area contributed by atoms with Gasteiger partial charge in [0.05, 0.1) is 11.2 Å². The van der Waals surface area contributed by atoms with Crippen LogP contribution in [0.4, 0.5) is 0 Å². The largest absolute Gasteiger partial charge is 0.247 e. The third kappa shape index (κ3) is 2.04. The SMILES string of the molecule is c1ccc2c(c1)-c1cccc3c(-c4ccc5ccc6ccccc6c5n4)ccc-2c13. The molecule has 0 aliphatic heterocycles. The van der Waals surface area contributed by atoms with Crippen molar-refractivity contribution in [3.8, 4) is 33.5 Å². The Bertz CT molecular complexity index is 1610. The third-order valence-corrected chi connectivity index (χ3v) is 6.41. The van der Waals surface area contributed by atoms with E-state index < -0.39 is 0 Å². The number of aromatic nitrogens is 1. The predicted octanol–water partition coefficient (Wildman–Crippen LogP) is 7.86. The standard InChI is InChI=1S/C29H17N/c1-2-7-20-18(6-1)12-13-19-14-17-27(30-29(19)20)23-15-16-26-22-9-4-3-8-21(22)24-10-5-11-25(23)28(24)26/h1-17H. The minimum atomic E-state index is 1.03. The highest BCUT2D eigenvalue weighted by molar-refractivity contribution is 6.18. The molecule has 0 unspecified atom stereocenters. The molecule has 0 amide bonds. The van der Waals surface area contributed by atoms with Crippen LogP contribution >= 0.6 is 0 Å². The summed E-state index contributed by atoms with van der Waals surface area (Å²) in [6.07, 6.45) is 0. The highest BCUT2D eigenvalue weighted by Crippen LogP contribution is 2.49. The van der Waals surface area contributed by atoms with E-state index in [0.717, 1.165) is 11.2 Å². The molecule has 0 bridgehead atoms. The number of hydrogen-bond acceptors (Lipinski definition) is 1. The topological polar surface area (TPSA) is 12.9 Å². The van der Waals surface area contributed by atoms with E-state index in [1.54, 1.807) is 0 Å². The zero-order chi connectivity index (χ0) is 19.7. The predicted molar refractivity (Wildman–Crippen MR) is 127 cm³/mol. The molecular weight excluding hydrogens is 362 g/mol. The highest BCUT2D eigenvalue weighted by Gasteiger charge is 2.22. The van der Waals surface area contributed by atoms with E-state index in [4.69, 9.17) is 4.98 Å². The van der Waals surface area contributed by atoms with E-state index in [9.17, 15) is 0 Å². The monoisotopic (exact) mass is 379 g/mol. The second kappa shape index (κ2) is 5.77. The number of rotatable bonds is 1. The lowest BCUT2D eigenvalue weighted by molar-refractivity contribution is 1.42. The molecule has 1 aliphatic carbocycles. The lowest BCUT2D eigenvalue weighted by Crippen LogP contribution is -1.89. The van der Waals surface area contributed by atoms with Gasteiger partial charge in [-0.3, -0.25) is 0 Å². The normalized spacial score (nSPS) is 12.0. The summed E-state index contributed by atoms with van der Waals surface area (Å²) >= 11 is 0. The van der Waals surface area contributed by atoms with Crippen LogP contribution in [0.25, 0.3) is 66.0 Å². The van der Waals surface area contributed by atoms with Gasteiger partial charge in [-0.1, -0.05) is 97.1 Å². The van der Waals surface area contributed by atoms with E-state index >= 15 is 0 Å². The van der Waals surface area contributed by atoms with Crippen molar-refractivity contribution in [1.29, 1.82) is 0 Å². The van der Waals surface area contributed by atoms with Crippen molar-refractivity contribution < 1.29 is 0 Å². The van der Waals surface area contributed by atoms with Gasteiger partial charge in [-0.2, -0.15) is 0 Å². The van der Waals surface area contributed by atoms with E-state index in [2.05, 4.69) is 103 Å². The van der Waals surface area contributed by atoms with Crippen LogP contribution in [-0.2, 0) is 0 Å². The van der Waals surface area contributed by atoms with E-state index in [1.807, 2.05) is 0 Å². The Morgan fingerprint density at radius 2 is 1.03 bits per heavy atom. The molecule has 1 heterocycles. The van der Waals surface area contributed by atoms with Crippen LogP contribution in [0.3, 0.4) is 0 Å². The maximum absolute atomic E-state index is 5.15. The summed E-state index contributed by atoms with van der Waals surface area (Å²) in [5.41, 5.74) is 8.59. The van der Waals surface area contributed by atoms with Gasteiger partial charge >= 0.3 is 0 Å². The first-order chi connectivity index (χ1) is 14.9. The Hall–Kier alpha value is -3.97. The molecule has 0 saturated heterocycles. The summed E-state index contributed by atoms with van der Waals surface area (Å²) in [5, 5.41) is 6.22. The van der Waals surface area contributed by atoms with Crippen LogP contribution in [0, 0.1) is 0 Å². The fraction of sp³-hybridized carbons (Fsp3) is 0. The van der Waals surface area contributed by atoms with Crippen LogP contribution in [0.5, 0.6) is 0 Å². The summed E-state index contributed by atoms with van der Waals surface area (Å²) in [6, 6.07) is 37.0. The lowest BCUT2D eigenvalue weighted by Gasteiger charge is -2.11. The number of fused-ring (bicyclic) bond motifs is 6. The van der Waals surface area contributed by atoms with Gasteiger partial charge in [-0.25, -0.2) is 4.98 Å². The Balaban J connectivity index is 1.54. The first kappa shape index (κ1) is 15.9. The Morgan fingerprint density at radius 1 is 0.400 bits per heavy atom. The maximum Gasteiger partial charge on any atom is 0.0787 e. The average Bonchev–Trinajstić information content (AvgIpc) is 3.15. The smallest absolute Gasteiger partial charge is 0.0787 e. The van der Waals surface area contributed by atoms with Gasteiger partial charge in [0.15, 0.2) is 0 Å². The van der Waals surface area contributed by atoms with Gasteiger partial charge in [-0.05, 0) is 44.5 Å². The van der Waals surface area contributed by atoms with Crippen molar-refractivity contribution in [1.82, 2.24) is 4.98 Å². The molecule has 1 aliphatic rings. The molecule has 1 heteroatoms. The van der Waals surface area contributed by atoms with Gasteiger partial charge in [0.1, 0.15) is 0 Å². The third-order valence-electron chi connectivity index (χ3n) is 6.41. The van der Waals surface area contributed by atoms with Gasteiger partial charge in [-0.15, -0.1) is 0 Å². The molecule has 30 heavy (non-hydrogen) atoms. The molecular formula is C29H17N. The molecule has 0 saturated carbocycles. The molecule has 0 spiro atoms. The van der Waals surface area contributed by atoms with E-state index in [1.165, 1.54) is 54.7 Å². The Labute approximate surface area is 174 Å². The zero-order valence-corrected chi connectivity index (χ0v) is 16.3. The van der Waals surface area contributed by atoms with Crippen molar-refractivity contribution in [2.75, 3.05) is 0 Å². The van der Waals surface area contributed by atoms with Crippen LogP contribution in [0.1, 0.15) is 0 Å². The maximum atomic E-state index is 5.15. The molecule has 0 radical (unpaired) electrons. The number of nitrogens with zero attached hydrogens (tertiary/aromatic N) is 1. The molecule has 0 fully saturated rings. The Morgan fingerprint density at radius 3 is 1.93 bits per heavy atom. The van der Waals surface area contributed by atoms with Crippen molar-refractivity contribution in [3.63, 3.8) is 0 Å². The first-order valence-corrected chi connectivity index (χ1v) is 10.3. The quantitative estimate of drug-likeness (QED) is 0.265. The molecule has 6 aromatic rings. The molecule has 0 atom stereocenters. The van der Waals surface area contributed by atoms with Crippen LogP contribution < -0.4 is 0 Å². The molecule has 1 aromatic heterocycles. The fourth-order valence-corrected chi connectivity index (χ4v) is 5.04. The van der Waals surface area contributed by atoms with Crippen molar-refractivity contribution >= 4 is 32.4 Å². The van der Waals surface area contributed by atoms with Gasteiger partial charge < -0.3 is 0 Å². The lowest BCUT2D eigenvalue weighted by atomic mass is 9.96. The van der Waals surface area contributed by atoms with Gasteiger partial charge in [0.25, 0.3) is 0 Å². The summed E-state index contributed by atoms with van der Waals surface area (Å²) in [4.78, 5) is 5.15. The summed E-state index contributed by atoms with van der Waals surface area (Å²) < 4.78 is 0. The zero-order valence-electron chi connectivity index (χ0n) is 16.3. The molecule has 1 nitrogen and oxygen atoms in total. The summed E-state index contributed by atoms with van der Waals surface area (Å²) in [7, 11) is 0. The van der Waals surface area contributed by atoms with Crippen LogP contribution in [-0.4, -0.2) is 4.98 Å². The highest BCUT2D eigenvalue weighted by atomic mass is 14.7. The average molecular weight is 379 g/mol. The molecule has 5 aromatic carbocycles. The molecule has 0 N–H and O–H groups in total. The first-order valence-electron chi connectivity index (χ1n) is 10.3. The summed E-state index contributed by atoms with van der Waals surface area (Å²) in [6.45, 7) is 0. The Kier molecular flexibility index (Phi) is 3.06. The van der Waals surface area contributed by atoms with Gasteiger partial charge in [0, 0.05) is 16.3 Å². The van der Waals surface area contributed by atoms with Crippen LogP contribution in [0.2, 0.25) is 0 Å². The van der Waals surface area contributed by atoms with Crippen molar-refractivity contribution in [2.24, 2.45) is 0 Å². The number of hydrogen-bond donors (Lipinski definition) is 0. The fourth-order valence-electron chi connectivity index (χ4n) is 5.04. The number of benzene rings is 5. The molecule has 7 rings (SSSR count). The number of pyridine rings is 1. The van der Waals surface area contributed by atoms with Crippen molar-refractivity contribution in [2.45, 2.75) is 0 Å². The van der Waals surface area contributed by atoms with E-state index in [0.29, 0.717) is 0 Å². The van der Waals surface area contributed by atoms with Gasteiger partial charge in [0.2, 0.25) is 0 Å². The second-order valence-electron chi connectivity index (χ2n) is 7.99. The van der Waals surface area contributed by atoms with Crippen molar-refractivity contribution in [3.05, 3.63) is 103 Å². The molecule has 138 valence electrons. The summed E-state index contributed by atoms with van der Waals surface area (Å²) in [5.74, 6) is 0. The minimum absolute atomic E-state index is 1.03. The van der Waals surface area contributed by atoms with Crippen LogP contribution in [0.15, 0.2) is 103 Å². The minimum Gasteiger partial charge on any atom is -0.247 e.